The molecule has 0 saturated heterocycles. The molecule has 0 fully saturated rings. The lowest BCUT2D eigenvalue weighted by Crippen LogP contribution is -2.03. The molecule has 8 heteroatoms. The maximum Gasteiger partial charge on any atom is 0.263 e. The molecule has 0 unspecified atom stereocenters. The van der Waals surface area contributed by atoms with Gasteiger partial charge in [-0.2, -0.15) is 5.10 Å². The third-order valence-corrected chi connectivity index (χ3v) is 2.72. The van der Waals surface area contributed by atoms with Gasteiger partial charge in [0, 0.05) is 11.1 Å². The number of nitro benzene ring substituents is 1. The molecule has 0 amide bonds. The van der Waals surface area contributed by atoms with Gasteiger partial charge in [0.1, 0.15) is 5.82 Å². The van der Waals surface area contributed by atoms with Crippen molar-refractivity contribution in [2.24, 2.45) is 5.10 Å². The third-order valence-electron chi connectivity index (χ3n) is 2.50. The van der Waals surface area contributed by atoms with Crippen LogP contribution < -0.4 is 10.5 Å². The summed E-state index contributed by atoms with van der Waals surface area (Å²) >= 11 is 5.71. The Labute approximate surface area is 123 Å². The first-order valence-corrected chi connectivity index (χ1v) is 6.05. The number of hydrogen-bond donors (Lipinski definition) is 1. The Balaban J connectivity index is 2.21. The van der Waals surface area contributed by atoms with Crippen molar-refractivity contribution in [1.29, 1.82) is 0 Å². The Morgan fingerprint density at radius 1 is 1.29 bits per heavy atom. The van der Waals surface area contributed by atoms with E-state index >= 15 is 0 Å². The monoisotopic (exact) mass is 308 g/mol. The topological polar surface area (TPSA) is 90.6 Å². The van der Waals surface area contributed by atoms with Crippen LogP contribution in [0.2, 0.25) is 5.02 Å². The average molecular weight is 309 g/mol. The van der Waals surface area contributed by atoms with E-state index in [2.05, 4.69) is 10.5 Å². The molecular formula is C13H8ClFN3O3-. The van der Waals surface area contributed by atoms with E-state index in [1.165, 1.54) is 30.3 Å². The van der Waals surface area contributed by atoms with E-state index in [1.54, 1.807) is 0 Å². The molecule has 0 bridgehead atoms. The van der Waals surface area contributed by atoms with Crippen LogP contribution in [-0.4, -0.2) is 11.1 Å². The summed E-state index contributed by atoms with van der Waals surface area (Å²) in [7, 11) is 0. The van der Waals surface area contributed by atoms with Crippen LogP contribution in [0.1, 0.15) is 5.56 Å². The van der Waals surface area contributed by atoms with Crippen molar-refractivity contribution in [3.63, 3.8) is 0 Å². The molecule has 1 N–H and O–H groups in total. The van der Waals surface area contributed by atoms with Crippen molar-refractivity contribution in [1.82, 2.24) is 0 Å². The molecule has 0 aliphatic heterocycles. The highest BCUT2D eigenvalue weighted by atomic mass is 35.5. The Bertz CT molecular complexity index is 705. The number of nitrogens with one attached hydrogen (secondary N) is 1. The predicted octanol–water partition coefficient (Wildman–Crippen LogP) is 2.91. The van der Waals surface area contributed by atoms with Gasteiger partial charge < -0.3 is 5.11 Å². The first-order valence-electron chi connectivity index (χ1n) is 5.67. The van der Waals surface area contributed by atoms with E-state index in [4.69, 9.17) is 11.6 Å². The van der Waals surface area contributed by atoms with Gasteiger partial charge in [0.25, 0.3) is 5.69 Å². The summed E-state index contributed by atoms with van der Waals surface area (Å²) in [6.07, 6.45) is 1.12. The number of halogens is 2. The third kappa shape index (κ3) is 3.67. The minimum absolute atomic E-state index is 0.0242. The molecule has 2 rings (SSSR count). The van der Waals surface area contributed by atoms with Crippen LogP contribution in [0.5, 0.6) is 5.75 Å². The van der Waals surface area contributed by atoms with E-state index in [1.807, 2.05) is 0 Å². The van der Waals surface area contributed by atoms with E-state index in [0.29, 0.717) is 5.69 Å². The maximum atomic E-state index is 12.7. The van der Waals surface area contributed by atoms with Gasteiger partial charge >= 0.3 is 0 Å². The number of anilines is 1. The van der Waals surface area contributed by atoms with Crippen molar-refractivity contribution in [2.75, 3.05) is 5.43 Å². The first-order chi connectivity index (χ1) is 9.97. The summed E-state index contributed by atoms with van der Waals surface area (Å²) in [6.45, 7) is 0. The van der Waals surface area contributed by atoms with Crippen LogP contribution in [-0.2, 0) is 0 Å². The molecule has 2 aromatic carbocycles. The smallest absolute Gasteiger partial charge is 0.263 e. The van der Waals surface area contributed by atoms with Gasteiger partial charge in [0.05, 0.1) is 16.8 Å². The summed E-state index contributed by atoms with van der Waals surface area (Å²) in [4.78, 5) is 9.90. The molecule has 2 aromatic rings. The summed E-state index contributed by atoms with van der Waals surface area (Å²) < 4.78 is 12.7. The Hall–Kier alpha value is -2.67. The molecule has 0 spiro atoms. The second kappa shape index (κ2) is 6.19. The first kappa shape index (κ1) is 14.7. The number of nitrogens with zero attached hydrogens (tertiary/aromatic N) is 2. The number of nitro groups is 1. The fourth-order valence-electron chi connectivity index (χ4n) is 1.53. The van der Waals surface area contributed by atoms with Crippen molar-refractivity contribution < 1.29 is 14.4 Å². The summed E-state index contributed by atoms with van der Waals surface area (Å²) in [5.41, 5.74) is 2.42. The molecule has 0 aliphatic carbocycles. The molecule has 6 nitrogen and oxygen atoms in total. The van der Waals surface area contributed by atoms with Crippen molar-refractivity contribution in [3.05, 3.63) is 62.9 Å². The largest absolute Gasteiger partial charge is 0.867 e. The van der Waals surface area contributed by atoms with Crippen LogP contribution in [0, 0.1) is 15.9 Å². The normalized spacial score (nSPS) is 10.8. The minimum Gasteiger partial charge on any atom is -0.867 e. The van der Waals surface area contributed by atoms with Crippen molar-refractivity contribution in [2.45, 2.75) is 0 Å². The molecule has 0 atom stereocenters. The lowest BCUT2D eigenvalue weighted by molar-refractivity contribution is -0.398. The fourth-order valence-corrected chi connectivity index (χ4v) is 1.75. The second-order valence-electron chi connectivity index (χ2n) is 3.98. The number of hydrogen-bond acceptors (Lipinski definition) is 5. The lowest BCUT2D eigenvalue weighted by atomic mass is 10.2. The zero-order valence-corrected chi connectivity index (χ0v) is 11.2. The molecule has 108 valence electrons. The summed E-state index contributed by atoms with van der Waals surface area (Å²) in [5.74, 6) is -1.18. The van der Waals surface area contributed by atoms with Gasteiger partial charge in [0.15, 0.2) is 0 Å². The van der Waals surface area contributed by atoms with Gasteiger partial charge in [-0.05, 0) is 41.6 Å². The van der Waals surface area contributed by atoms with E-state index in [9.17, 15) is 19.6 Å². The molecule has 0 radical (unpaired) electrons. The van der Waals surface area contributed by atoms with Gasteiger partial charge in [-0.1, -0.05) is 11.6 Å². The quantitative estimate of drug-likeness (QED) is 0.534. The molecule has 0 heterocycles. The van der Waals surface area contributed by atoms with Gasteiger partial charge in [-0.15, -0.1) is 0 Å². The second-order valence-corrected chi connectivity index (χ2v) is 4.41. The zero-order chi connectivity index (χ0) is 15.4. The predicted molar refractivity (Wildman–Crippen MR) is 75.2 cm³/mol. The maximum absolute atomic E-state index is 12.7. The number of hydrazone groups is 1. The van der Waals surface area contributed by atoms with Gasteiger partial charge in [0.2, 0.25) is 0 Å². The standard InChI is InChI=1S/C13H9ClFN3O3/c14-9-5-8(13(19)12(6-9)18(20)21)7-16-17-11-3-1-10(15)2-4-11/h1-7,17,19H/p-1/b16-7-. The fraction of sp³-hybridized carbons (Fsp3) is 0. The zero-order valence-electron chi connectivity index (χ0n) is 10.4. The van der Waals surface area contributed by atoms with Gasteiger partial charge in [-0.25, -0.2) is 4.39 Å². The highest BCUT2D eigenvalue weighted by Gasteiger charge is 2.11. The summed E-state index contributed by atoms with van der Waals surface area (Å²) in [6, 6.07) is 7.62. The summed E-state index contributed by atoms with van der Waals surface area (Å²) in [5, 5.41) is 26.3. The van der Waals surface area contributed by atoms with E-state index < -0.39 is 22.2 Å². The van der Waals surface area contributed by atoms with Crippen LogP contribution >= 0.6 is 11.6 Å². The molecular weight excluding hydrogens is 301 g/mol. The van der Waals surface area contributed by atoms with E-state index in [-0.39, 0.29) is 10.6 Å². The van der Waals surface area contributed by atoms with Crippen LogP contribution in [0.4, 0.5) is 15.8 Å². The highest BCUT2D eigenvalue weighted by molar-refractivity contribution is 6.31. The molecule has 21 heavy (non-hydrogen) atoms. The van der Waals surface area contributed by atoms with Crippen LogP contribution in [0.25, 0.3) is 0 Å². The highest BCUT2D eigenvalue weighted by Crippen LogP contribution is 2.29. The molecule has 0 aliphatic rings. The Morgan fingerprint density at radius 2 is 1.95 bits per heavy atom. The lowest BCUT2D eigenvalue weighted by Gasteiger charge is -2.10. The Morgan fingerprint density at radius 3 is 2.57 bits per heavy atom. The Kier molecular flexibility index (Phi) is 4.34. The van der Waals surface area contributed by atoms with Gasteiger partial charge in [-0.3, -0.25) is 15.5 Å². The molecule has 0 aromatic heterocycles. The van der Waals surface area contributed by atoms with Crippen LogP contribution in [0.3, 0.4) is 0 Å². The number of benzene rings is 2. The van der Waals surface area contributed by atoms with E-state index in [0.717, 1.165) is 12.3 Å². The SMILES string of the molecule is O=[N+]([O-])c1cc(Cl)cc(/C=N\Nc2ccc(F)cc2)c1[O-]. The van der Waals surface area contributed by atoms with Crippen molar-refractivity contribution >= 4 is 29.2 Å². The van der Waals surface area contributed by atoms with Crippen molar-refractivity contribution in [3.8, 4) is 5.75 Å². The van der Waals surface area contributed by atoms with Crippen LogP contribution in [0.15, 0.2) is 41.5 Å². The average Bonchev–Trinajstić information content (AvgIpc) is 2.44. The number of rotatable bonds is 4. The minimum atomic E-state index is -0.807. The molecule has 0 saturated carbocycles.